The van der Waals surface area contributed by atoms with Crippen molar-refractivity contribution in [3.63, 3.8) is 0 Å². The largest absolute Gasteiger partial charge is 0.490 e. The molecule has 6 rings (SSSR count). The maximum Gasteiger partial charge on any atom is 0.490 e. The molecule has 2 atom stereocenters. The predicted molar refractivity (Wildman–Crippen MR) is 174 cm³/mol. The van der Waals surface area contributed by atoms with E-state index in [0.29, 0.717) is 22.5 Å². The van der Waals surface area contributed by atoms with E-state index in [1.807, 2.05) is 35.1 Å². The molecule has 4 N–H and O–H groups in total. The van der Waals surface area contributed by atoms with Crippen molar-refractivity contribution in [2.45, 2.75) is 35.2 Å². The molecule has 17 heteroatoms. The van der Waals surface area contributed by atoms with Crippen molar-refractivity contribution in [1.29, 1.82) is 5.26 Å². The van der Waals surface area contributed by atoms with Crippen LogP contribution in [-0.4, -0.2) is 50.0 Å². The van der Waals surface area contributed by atoms with Gasteiger partial charge in [0.25, 0.3) is 0 Å². The highest BCUT2D eigenvalue weighted by Crippen LogP contribution is 2.31. The van der Waals surface area contributed by atoms with Gasteiger partial charge in [-0.25, -0.2) is 31.3 Å². The molecule has 1 fully saturated rings. The lowest BCUT2D eigenvalue weighted by molar-refractivity contribution is -0.192. The first-order valence-corrected chi connectivity index (χ1v) is 17.6. The first kappa shape index (κ1) is 35.7. The standard InChI is InChI=1S/C31H25N5O5S2.C2HF3O2/c32-19-21-4-3-5-24(16-21)22-12-14-25(15-13-22)42(38,39)35-28(31-33-26-6-1-2-7-27(26)34-31)17-20-8-10-23(11-9-20)29-18-30(37)36-43(29,40)41;3-2(4,5)1(6)7/h1-16,28-29,35H,17-18H2,(H,33,34)(H,36,37);(H,6,7). The molecule has 0 saturated carbocycles. The Morgan fingerprint density at radius 1 is 1.00 bits per heavy atom. The summed E-state index contributed by atoms with van der Waals surface area (Å²) in [4.78, 5) is 28.5. The van der Waals surface area contributed by atoms with E-state index in [9.17, 15) is 40.1 Å². The third kappa shape index (κ3) is 8.34. The number of carboxylic acid groups (broad SMARTS) is 1. The smallest absolute Gasteiger partial charge is 0.475 e. The lowest BCUT2D eigenvalue weighted by Gasteiger charge is -2.18. The zero-order valence-corrected chi connectivity index (χ0v) is 27.2. The molecule has 258 valence electrons. The van der Waals surface area contributed by atoms with Crippen LogP contribution in [0.4, 0.5) is 13.2 Å². The number of halogens is 3. The van der Waals surface area contributed by atoms with Gasteiger partial charge < -0.3 is 10.1 Å². The zero-order valence-electron chi connectivity index (χ0n) is 25.5. The van der Waals surface area contributed by atoms with Crippen LogP contribution in [0.15, 0.2) is 102 Å². The van der Waals surface area contributed by atoms with Gasteiger partial charge in [0, 0.05) is 0 Å². The van der Waals surface area contributed by atoms with Gasteiger partial charge in [-0.2, -0.15) is 18.4 Å². The number of alkyl halides is 3. The summed E-state index contributed by atoms with van der Waals surface area (Å²) in [6, 6.07) is 28.9. The molecular weight excluding hydrogens is 700 g/mol. The summed E-state index contributed by atoms with van der Waals surface area (Å²) in [6.45, 7) is 0. The number of imidazole rings is 1. The van der Waals surface area contributed by atoms with Gasteiger partial charge in [-0.15, -0.1) is 0 Å². The molecule has 0 bridgehead atoms. The molecule has 1 amide bonds. The van der Waals surface area contributed by atoms with E-state index in [4.69, 9.17) is 9.90 Å². The van der Waals surface area contributed by atoms with Crippen LogP contribution in [-0.2, 0) is 36.1 Å². The van der Waals surface area contributed by atoms with Crippen molar-refractivity contribution in [2.24, 2.45) is 0 Å². The number of nitriles is 1. The molecule has 2 unspecified atom stereocenters. The monoisotopic (exact) mass is 725 g/mol. The lowest BCUT2D eigenvalue weighted by Crippen LogP contribution is -2.31. The van der Waals surface area contributed by atoms with E-state index in [0.717, 1.165) is 22.2 Å². The average Bonchev–Trinajstić information content (AvgIpc) is 3.63. The van der Waals surface area contributed by atoms with E-state index >= 15 is 0 Å². The van der Waals surface area contributed by atoms with Gasteiger partial charge in [0.2, 0.25) is 26.0 Å². The van der Waals surface area contributed by atoms with Crippen LogP contribution in [0.2, 0.25) is 0 Å². The molecule has 5 aromatic rings. The minimum atomic E-state index is -5.08. The number of aliphatic carboxylic acids is 1. The lowest BCUT2D eigenvalue weighted by atomic mass is 10.0. The molecule has 0 aliphatic carbocycles. The van der Waals surface area contributed by atoms with Crippen molar-refractivity contribution in [1.82, 2.24) is 19.4 Å². The number of hydrogen-bond acceptors (Lipinski definition) is 8. The Bertz CT molecular complexity index is 2290. The summed E-state index contributed by atoms with van der Waals surface area (Å²) in [7, 11) is -7.79. The van der Waals surface area contributed by atoms with E-state index in [1.54, 1.807) is 54.6 Å². The number of amides is 1. The van der Waals surface area contributed by atoms with Crippen molar-refractivity contribution in [3.05, 3.63) is 120 Å². The maximum absolute atomic E-state index is 13.6. The average molecular weight is 726 g/mol. The number of carboxylic acids is 1. The quantitative estimate of drug-likeness (QED) is 0.172. The van der Waals surface area contributed by atoms with Crippen molar-refractivity contribution >= 4 is 43.0 Å². The maximum atomic E-state index is 13.6. The van der Waals surface area contributed by atoms with E-state index in [2.05, 4.69) is 20.8 Å². The van der Waals surface area contributed by atoms with E-state index in [-0.39, 0.29) is 17.7 Å². The molecular formula is C33H26F3N5O7S2. The van der Waals surface area contributed by atoms with Crippen LogP contribution in [0.5, 0.6) is 0 Å². The van der Waals surface area contributed by atoms with Crippen molar-refractivity contribution in [3.8, 4) is 17.2 Å². The molecule has 50 heavy (non-hydrogen) atoms. The number of benzene rings is 4. The van der Waals surface area contributed by atoms with Crippen LogP contribution >= 0.6 is 0 Å². The van der Waals surface area contributed by atoms with Crippen molar-refractivity contribution in [2.75, 3.05) is 0 Å². The van der Waals surface area contributed by atoms with Gasteiger partial charge in [-0.3, -0.25) is 9.52 Å². The van der Waals surface area contributed by atoms with Gasteiger partial charge in [0.1, 0.15) is 11.1 Å². The summed E-state index contributed by atoms with van der Waals surface area (Å²) in [6.07, 6.45) is -5.02. The highest BCUT2D eigenvalue weighted by molar-refractivity contribution is 7.90. The van der Waals surface area contributed by atoms with E-state index < -0.39 is 49.4 Å². The highest BCUT2D eigenvalue weighted by Gasteiger charge is 2.39. The number of nitrogens with zero attached hydrogens (tertiary/aromatic N) is 2. The van der Waals surface area contributed by atoms with Crippen molar-refractivity contribution < 1.29 is 44.7 Å². The van der Waals surface area contributed by atoms with Crippen LogP contribution in [0, 0.1) is 11.3 Å². The summed E-state index contributed by atoms with van der Waals surface area (Å²) in [5, 5.41) is 15.4. The van der Waals surface area contributed by atoms with Gasteiger partial charge in [0.15, 0.2) is 0 Å². The number of carbonyl (C=O) groups excluding carboxylic acids is 1. The molecule has 0 radical (unpaired) electrons. The molecule has 1 saturated heterocycles. The van der Waals surface area contributed by atoms with Gasteiger partial charge >= 0.3 is 12.1 Å². The molecule has 12 nitrogen and oxygen atoms in total. The highest BCUT2D eigenvalue weighted by atomic mass is 32.2. The fourth-order valence-electron chi connectivity index (χ4n) is 5.13. The van der Waals surface area contributed by atoms with Crippen LogP contribution in [0.25, 0.3) is 22.2 Å². The summed E-state index contributed by atoms with van der Waals surface area (Å²) in [5.74, 6) is -2.88. The third-order valence-electron chi connectivity index (χ3n) is 7.56. The number of nitrogens with one attached hydrogen (secondary N) is 3. The van der Waals surface area contributed by atoms with Crippen LogP contribution in [0.1, 0.15) is 40.2 Å². The topological polar surface area (TPSA) is 199 Å². The van der Waals surface area contributed by atoms with Gasteiger partial charge in [-0.05, 0) is 65.1 Å². The summed E-state index contributed by atoms with van der Waals surface area (Å²) < 4.78 is 88.3. The number of fused-ring (bicyclic) bond motifs is 1. The fourth-order valence-corrected chi connectivity index (χ4v) is 7.76. The number of aromatic nitrogens is 2. The van der Waals surface area contributed by atoms with E-state index in [1.165, 1.54) is 12.1 Å². The Morgan fingerprint density at radius 2 is 1.66 bits per heavy atom. The normalized spacial score (nSPS) is 16.1. The van der Waals surface area contributed by atoms with Crippen LogP contribution in [0.3, 0.4) is 0 Å². The summed E-state index contributed by atoms with van der Waals surface area (Å²) >= 11 is 0. The Hall–Kier alpha value is -5.57. The third-order valence-corrected chi connectivity index (χ3v) is 10.7. The number of aromatic amines is 1. The predicted octanol–water partition coefficient (Wildman–Crippen LogP) is 4.89. The Morgan fingerprint density at radius 3 is 2.24 bits per heavy atom. The first-order valence-electron chi connectivity index (χ1n) is 14.6. The van der Waals surface area contributed by atoms with Gasteiger partial charge in [0.05, 0.1) is 40.0 Å². The number of hydrogen-bond donors (Lipinski definition) is 4. The second-order valence-corrected chi connectivity index (χ2v) is 14.6. The number of sulfonamides is 2. The molecule has 4 aromatic carbocycles. The number of carbonyl (C=O) groups is 2. The second-order valence-electron chi connectivity index (χ2n) is 11.0. The Labute approximate surface area is 283 Å². The Kier molecular flexibility index (Phi) is 10.1. The second kappa shape index (κ2) is 14.1. The number of H-pyrrole nitrogens is 1. The van der Waals surface area contributed by atoms with Crippen LogP contribution < -0.4 is 9.44 Å². The molecule has 1 aliphatic rings. The number of rotatable bonds is 8. The molecule has 1 aliphatic heterocycles. The Balaban J connectivity index is 0.000000630. The molecule has 2 heterocycles. The van der Waals surface area contributed by atoms with Gasteiger partial charge in [-0.1, -0.05) is 60.7 Å². The SMILES string of the molecule is N#Cc1cccc(-c2ccc(S(=O)(=O)NC(Cc3ccc(C4CC(=O)NS4(=O)=O)cc3)c3nc4ccccc4[nH]3)cc2)c1.O=C(O)C(F)(F)F. The molecule has 1 aromatic heterocycles. The minimum absolute atomic E-state index is 0.0627. The first-order chi connectivity index (χ1) is 23.6. The minimum Gasteiger partial charge on any atom is -0.475 e. The molecule has 0 spiro atoms. The number of para-hydroxylation sites is 2. The zero-order chi connectivity index (χ0) is 36.3. The fraction of sp³-hybridized carbons (Fsp3) is 0.152. The summed E-state index contributed by atoms with van der Waals surface area (Å²) in [5.41, 5.74) is 4.72.